The Labute approximate surface area is 156 Å². The molecule has 2 N–H and O–H groups in total. The van der Waals surface area contributed by atoms with Crippen molar-refractivity contribution in [3.8, 4) is 0 Å². The van der Waals surface area contributed by atoms with Crippen molar-refractivity contribution in [3.05, 3.63) is 70.6 Å². The normalized spacial score (nSPS) is 15.4. The van der Waals surface area contributed by atoms with Crippen molar-refractivity contribution in [3.63, 3.8) is 0 Å². The van der Waals surface area contributed by atoms with Gasteiger partial charge >= 0.3 is 12.1 Å². The molecule has 0 fully saturated rings. The zero-order valence-corrected chi connectivity index (χ0v) is 15.4. The fourth-order valence-corrected chi connectivity index (χ4v) is 3.01. The van der Waals surface area contributed by atoms with Crippen molar-refractivity contribution in [2.75, 3.05) is 13.2 Å². The first kappa shape index (κ1) is 20.6. The maximum atomic E-state index is 13.0. The van der Waals surface area contributed by atoms with Gasteiger partial charge in [0.15, 0.2) is 0 Å². The van der Waals surface area contributed by atoms with Crippen molar-refractivity contribution in [2.24, 2.45) is 5.73 Å². The van der Waals surface area contributed by atoms with Crippen molar-refractivity contribution >= 4 is 5.97 Å². The van der Waals surface area contributed by atoms with Crippen LogP contribution in [0.15, 0.2) is 53.9 Å². The summed E-state index contributed by atoms with van der Waals surface area (Å²) < 4.78 is 44.0. The van der Waals surface area contributed by atoms with Crippen LogP contribution in [-0.2, 0) is 28.7 Å². The van der Waals surface area contributed by atoms with E-state index in [1.54, 1.807) is 13.8 Å². The molecular weight excluding hydrogens is 357 g/mol. The van der Waals surface area contributed by atoms with Crippen LogP contribution in [0, 0.1) is 0 Å². The molecule has 7 heteroatoms. The Morgan fingerprint density at radius 1 is 1.37 bits per heavy atom. The van der Waals surface area contributed by atoms with Gasteiger partial charge in [0.05, 0.1) is 17.7 Å². The van der Waals surface area contributed by atoms with Gasteiger partial charge in [-0.3, -0.25) is 0 Å². The number of hydrogen-bond donors (Lipinski definition) is 1. The first-order valence-electron chi connectivity index (χ1n) is 8.58. The molecule has 0 atom stereocenters. The van der Waals surface area contributed by atoms with E-state index in [4.69, 9.17) is 10.5 Å². The summed E-state index contributed by atoms with van der Waals surface area (Å²) in [6.07, 6.45) is -1.10. The topological polar surface area (TPSA) is 55.6 Å². The minimum absolute atomic E-state index is 0.220. The van der Waals surface area contributed by atoms with Crippen LogP contribution in [-0.4, -0.2) is 24.0 Å². The molecule has 0 aromatic heterocycles. The minimum atomic E-state index is -4.38. The lowest BCUT2D eigenvalue weighted by Gasteiger charge is -2.33. The number of carbonyl (C=O) groups excluding carboxylic acids is 1. The van der Waals surface area contributed by atoms with Crippen LogP contribution >= 0.6 is 0 Å². The van der Waals surface area contributed by atoms with E-state index >= 15 is 0 Å². The highest BCUT2D eigenvalue weighted by Crippen LogP contribution is 2.33. The highest BCUT2D eigenvalue weighted by Gasteiger charge is 2.32. The summed E-state index contributed by atoms with van der Waals surface area (Å²) in [6, 6.07) is 3.82. The summed E-state index contributed by atoms with van der Waals surface area (Å²) in [6.45, 7) is 8.55. The lowest BCUT2D eigenvalue weighted by molar-refractivity contribution is -0.138. The third-order valence-corrected chi connectivity index (χ3v) is 4.52. The molecule has 146 valence electrons. The molecule has 0 unspecified atom stereocenters. The molecule has 2 rings (SSSR count). The number of nitrogens with two attached hydrogens (primary N) is 1. The van der Waals surface area contributed by atoms with Crippen LogP contribution in [0.25, 0.3) is 0 Å². The van der Waals surface area contributed by atoms with Crippen molar-refractivity contribution in [1.29, 1.82) is 0 Å². The van der Waals surface area contributed by atoms with Crippen LogP contribution in [0.2, 0.25) is 0 Å². The molecule has 0 aliphatic carbocycles. The first-order valence-corrected chi connectivity index (χ1v) is 8.58. The Morgan fingerprint density at radius 3 is 2.67 bits per heavy atom. The summed E-state index contributed by atoms with van der Waals surface area (Å²) in [5, 5.41) is 0. The van der Waals surface area contributed by atoms with Gasteiger partial charge in [-0.25, -0.2) is 4.79 Å². The lowest BCUT2D eigenvalue weighted by Crippen LogP contribution is -2.31. The Balaban J connectivity index is 2.30. The van der Waals surface area contributed by atoms with Gasteiger partial charge in [-0.15, -0.1) is 0 Å². The van der Waals surface area contributed by atoms with Crippen LogP contribution in [0.4, 0.5) is 13.2 Å². The van der Waals surface area contributed by atoms with E-state index in [0.717, 1.165) is 11.6 Å². The molecule has 1 aliphatic heterocycles. The number of carbonyl (C=O) groups is 1. The average molecular weight is 380 g/mol. The van der Waals surface area contributed by atoms with Crippen molar-refractivity contribution in [2.45, 2.75) is 33.0 Å². The molecule has 1 heterocycles. The van der Waals surface area contributed by atoms with E-state index < -0.39 is 17.7 Å². The molecule has 27 heavy (non-hydrogen) atoms. The fourth-order valence-electron chi connectivity index (χ4n) is 3.01. The smallest absolute Gasteiger partial charge is 0.416 e. The Bertz CT molecular complexity index is 795. The molecule has 0 spiro atoms. The predicted octanol–water partition coefficient (Wildman–Crippen LogP) is 3.93. The van der Waals surface area contributed by atoms with E-state index in [1.165, 1.54) is 24.4 Å². The first-order chi connectivity index (χ1) is 12.7. The Morgan fingerprint density at radius 2 is 2.07 bits per heavy atom. The van der Waals surface area contributed by atoms with E-state index in [0.29, 0.717) is 29.8 Å². The Kier molecular flexibility index (Phi) is 6.36. The third-order valence-electron chi connectivity index (χ3n) is 4.52. The molecule has 1 aromatic carbocycles. The van der Waals surface area contributed by atoms with Gasteiger partial charge in [0.1, 0.15) is 0 Å². The van der Waals surface area contributed by atoms with E-state index in [9.17, 15) is 18.0 Å². The van der Waals surface area contributed by atoms with Gasteiger partial charge in [0, 0.05) is 18.8 Å². The van der Waals surface area contributed by atoms with E-state index in [2.05, 4.69) is 6.58 Å². The summed E-state index contributed by atoms with van der Waals surface area (Å²) >= 11 is 0. The number of esters is 1. The molecule has 1 aliphatic rings. The van der Waals surface area contributed by atoms with Gasteiger partial charge in [0.2, 0.25) is 0 Å². The molecule has 0 radical (unpaired) electrons. The lowest BCUT2D eigenvalue weighted by atomic mass is 9.95. The predicted molar refractivity (Wildman–Crippen MR) is 97.4 cm³/mol. The van der Waals surface area contributed by atoms with Crippen LogP contribution in [0.1, 0.15) is 30.5 Å². The SMILES string of the molecule is C=C(/C(C)=C(\C=C/N)C(=O)OCC)N1CCc2ccc(C(F)(F)F)cc2C1. The van der Waals surface area contributed by atoms with Crippen molar-refractivity contribution < 1.29 is 22.7 Å². The summed E-state index contributed by atoms with van der Waals surface area (Å²) in [5.74, 6) is -0.519. The zero-order valence-electron chi connectivity index (χ0n) is 15.4. The van der Waals surface area contributed by atoms with E-state index in [1.807, 2.05) is 4.90 Å². The second kappa shape index (κ2) is 8.33. The molecule has 4 nitrogen and oxygen atoms in total. The molecule has 1 aromatic rings. The van der Waals surface area contributed by atoms with Crippen molar-refractivity contribution in [1.82, 2.24) is 4.90 Å². The van der Waals surface area contributed by atoms with Gasteiger partial charge in [0.25, 0.3) is 0 Å². The molecule has 0 saturated carbocycles. The number of hydrogen-bond acceptors (Lipinski definition) is 4. The highest BCUT2D eigenvalue weighted by atomic mass is 19.4. The van der Waals surface area contributed by atoms with Gasteiger partial charge in [-0.1, -0.05) is 12.6 Å². The highest BCUT2D eigenvalue weighted by molar-refractivity contribution is 5.93. The second-order valence-electron chi connectivity index (χ2n) is 6.22. The Hall–Kier alpha value is -2.70. The maximum absolute atomic E-state index is 13.0. The monoisotopic (exact) mass is 380 g/mol. The number of halogens is 3. The molecule has 0 saturated heterocycles. The summed E-state index contributed by atoms with van der Waals surface area (Å²) in [5.41, 5.74) is 7.67. The number of rotatable bonds is 5. The summed E-state index contributed by atoms with van der Waals surface area (Å²) in [7, 11) is 0. The molecule has 0 bridgehead atoms. The number of alkyl halides is 3. The quantitative estimate of drug-likeness (QED) is 0.478. The van der Waals surface area contributed by atoms with Gasteiger partial charge in [-0.2, -0.15) is 13.2 Å². The summed E-state index contributed by atoms with van der Waals surface area (Å²) in [4.78, 5) is 14.0. The standard InChI is InChI=1S/C20H23F3N2O2/c1-4-27-19(26)18(7-9-24)13(2)14(3)25-10-8-15-5-6-17(20(21,22)23)11-16(15)12-25/h5-7,9,11H,3-4,8,10,12,24H2,1-2H3/b9-7-,18-13+. The number of ether oxygens (including phenoxy) is 1. The third kappa shape index (κ3) is 4.72. The van der Waals surface area contributed by atoms with Crippen LogP contribution in [0.3, 0.4) is 0 Å². The van der Waals surface area contributed by atoms with Crippen LogP contribution in [0.5, 0.6) is 0 Å². The van der Waals surface area contributed by atoms with Gasteiger partial charge < -0.3 is 15.4 Å². The van der Waals surface area contributed by atoms with Crippen LogP contribution < -0.4 is 5.73 Å². The van der Waals surface area contributed by atoms with Gasteiger partial charge in [-0.05, 0) is 61.4 Å². The average Bonchev–Trinajstić information content (AvgIpc) is 2.63. The zero-order chi connectivity index (χ0) is 20.2. The fraction of sp³-hybridized carbons (Fsp3) is 0.350. The largest absolute Gasteiger partial charge is 0.462 e. The number of benzene rings is 1. The number of nitrogens with zero attached hydrogens (tertiary/aromatic N) is 1. The maximum Gasteiger partial charge on any atom is 0.416 e. The second-order valence-corrected chi connectivity index (χ2v) is 6.22. The molecular formula is C20H23F3N2O2. The number of allylic oxidation sites excluding steroid dienone is 1. The number of fused-ring (bicyclic) bond motifs is 1. The van der Waals surface area contributed by atoms with E-state index in [-0.39, 0.29) is 18.7 Å². The molecule has 0 amide bonds. The minimum Gasteiger partial charge on any atom is -0.462 e.